The van der Waals surface area contributed by atoms with Crippen LogP contribution in [0.25, 0.3) is 61.4 Å². The summed E-state index contributed by atoms with van der Waals surface area (Å²) >= 11 is 0. The number of rotatable bonds is 7. The average Bonchev–Trinajstić information content (AvgIpc) is 3.48. The number of hydrogen-bond donors (Lipinski definition) is 1. The van der Waals surface area contributed by atoms with E-state index < -0.39 is 0 Å². The van der Waals surface area contributed by atoms with Crippen LogP contribution in [0.1, 0.15) is 41.7 Å². The Morgan fingerprint density at radius 3 is 1.84 bits per heavy atom. The van der Waals surface area contributed by atoms with Crippen LogP contribution < -0.4 is 0 Å². The molecule has 0 unspecified atom stereocenters. The van der Waals surface area contributed by atoms with Gasteiger partial charge in [-0.1, -0.05) is 196 Å². The van der Waals surface area contributed by atoms with Crippen molar-refractivity contribution in [3.8, 4) is 44.5 Å². The lowest BCUT2D eigenvalue weighted by molar-refractivity contribution is 0.660. The van der Waals surface area contributed by atoms with Crippen LogP contribution in [0.3, 0.4) is 0 Å². The van der Waals surface area contributed by atoms with Crippen molar-refractivity contribution in [2.24, 2.45) is 4.99 Å². The Hall–Kier alpha value is -6.90. The second-order valence-corrected chi connectivity index (χ2v) is 14.7. The number of allylic oxidation sites excluding steroid dienone is 1. The first-order chi connectivity index (χ1) is 27.0. The third kappa shape index (κ3) is 6.32. The van der Waals surface area contributed by atoms with E-state index in [1.165, 1.54) is 38.8 Å². The Morgan fingerprint density at radius 1 is 0.473 bits per heavy atom. The van der Waals surface area contributed by atoms with Crippen LogP contribution in [0.4, 0.5) is 0 Å². The Morgan fingerprint density at radius 2 is 1.07 bits per heavy atom. The van der Waals surface area contributed by atoms with E-state index in [1.807, 2.05) is 42.5 Å². The molecule has 0 amide bonds. The number of nitrogens with zero attached hydrogens (tertiary/aromatic N) is 1. The minimum absolute atomic E-state index is 0.0282. The van der Waals surface area contributed by atoms with Crippen molar-refractivity contribution in [3.63, 3.8) is 0 Å². The predicted octanol–water partition coefficient (Wildman–Crippen LogP) is 13.7. The molecule has 8 aromatic carbocycles. The highest BCUT2D eigenvalue weighted by atomic mass is 14.8. The first-order valence-corrected chi connectivity index (χ1v) is 18.9. The van der Waals surface area contributed by atoms with E-state index in [9.17, 15) is 0 Å². The Kier molecular flexibility index (Phi) is 8.72. The molecule has 0 bridgehead atoms. The Balaban J connectivity index is 1.17. The lowest BCUT2D eigenvalue weighted by Gasteiger charge is -2.21. The number of nitrogens with one attached hydrogen (secondary N) is 1. The van der Waals surface area contributed by atoms with Gasteiger partial charge < -0.3 is 0 Å². The summed E-state index contributed by atoms with van der Waals surface area (Å²) in [7, 11) is 0. The Bertz CT molecular complexity index is 2770. The van der Waals surface area contributed by atoms with E-state index in [-0.39, 0.29) is 11.3 Å². The predicted molar refractivity (Wildman–Crippen MR) is 233 cm³/mol. The monoisotopic (exact) mass is 704 g/mol. The van der Waals surface area contributed by atoms with Gasteiger partial charge in [0.25, 0.3) is 0 Å². The van der Waals surface area contributed by atoms with Crippen LogP contribution >= 0.6 is 0 Å². The molecule has 0 aromatic heterocycles. The molecular weight excluding hydrogens is 665 g/mol. The molecular formula is C53H40N2. The van der Waals surface area contributed by atoms with Crippen molar-refractivity contribution in [2.75, 3.05) is 0 Å². The molecule has 0 spiro atoms. The van der Waals surface area contributed by atoms with Crippen molar-refractivity contribution >= 4 is 28.4 Å². The second kappa shape index (κ2) is 14.2. The van der Waals surface area contributed by atoms with Gasteiger partial charge in [-0.25, -0.2) is 4.99 Å². The molecule has 2 heteroatoms. The van der Waals surface area contributed by atoms with E-state index in [1.54, 1.807) is 0 Å². The maximum absolute atomic E-state index is 9.10. The number of aliphatic imine (C=N–C) groups is 1. The molecule has 55 heavy (non-hydrogen) atoms. The fourth-order valence-corrected chi connectivity index (χ4v) is 8.18. The van der Waals surface area contributed by atoms with Gasteiger partial charge in [-0.05, 0) is 90.2 Å². The van der Waals surface area contributed by atoms with Crippen molar-refractivity contribution in [1.82, 2.24) is 0 Å². The molecule has 0 heterocycles. The number of fused-ring (bicyclic) bond motifs is 4. The number of benzene rings is 8. The normalized spacial score (nSPS) is 13.2. The summed E-state index contributed by atoms with van der Waals surface area (Å²) in [6.45, 7) is 4.65. The van der Waals surface area contributed by atoms with Crippen LogP contribution in [0, 0.1) is 5.41 Å². The quantitative estimate of drug-likeness (QED) is 0.127. The van der Waals surface area contributed by atoms with Gasteiger partial charge in [0.2, 0.25) is 0 Å². The zero-order chi connectivity index (χ0) is 37.4. The third-order valence-electron chi connectivity index (χ3n) is 11.0. The van der Waals surface area contributed by atoms with E-state index >= 15 is 0 Å². The molecule has 0 aliphatic heterocycles. The lowest BCUT2D eigenvalue weighted by Crippen LogP contribution is -2.14. The molecule has 0 fully saturated rings. The zero-order valence-electron chi connectivity index (χ0n) is 31.0. The van der Waals surface area contributed by atoms with E-state index in [0.717, 1.165) is 50.0 Å². The van der Waals surface area contributed by atoms with Gasteiger partial charge in [0.05, 0.1) is 5.71 Å². The molecule has 2 nitrogen and oxygen atoms in total. The van der Waals surface area contributed by atoms with Crippen LogP contribution in [0.15, 0.2) is 199 Å². The summed E-state index contributed by atoms with van der Waals surface area (Å²) in [4.78, 5) is 5.04. The summed E-state index contributed by atoms with van der Waals surface area (Å²) < 4.78 is 0. The first-order valence-electron chi connectivity index (χ1n) is 18.9. The highest BCUT2D eigenvalue weighted by Gasteiger charge is 2.35. The Labute approximate surface area is 323 Å². The van der Waals surface area contributed by atoms with Gasteiger partial charge in [-0.15, -0.1) is 0 Å². The van der Waals surface area contributed by atoms with Crippen LogP contribution in [0.5, 0.6) is 0 Å². The highest BCUT2D eigenvalue weighted by Crippen LogP contribution is 2.50. The van der Waals surface area contributed by atoms with Crippen molar-refractivity contribution in [2.45, 2.75) is 19.3 Å². The molecule has 1 N–H and O–H groups in total. The van der Waals surface area contributed by atoms with Crippen LogP contribution in [-0.4, -0.2) is 11.5 Å². The standard InChI is InChI=1S/C53H40N2/c1-53(2)49-25-15-14-24-45(49)48-35-41(28-32-50(48)53)43-30-26-38(42-22-12-13-23-44(42)43)29-33-51(55-52(54)39-20-10-5-11-21-39)46-31-27-40(36-16-6-3-7-17-36)34-47(46)37-18-8-4-9-19-37/h3-35,54H,1-2H3/b33-29+,54-52?,55-51?. The minimum atomic E-state index is -0.0282. The molecule has 9 rings (SSSR count). The van der Waals surface area contributed by atoms with Gasteiger partial charge in [0, 0.05) is 16.5 Å². The zero-order valence-corrected chi connectivity index (χ0v) is 31.0. The maximum atomic E-state index is 9.10. The first kappa shape index (κ1) is 33.9. The van der Waals surface area contributed by atoms with Crippen molar-refractivity contribution in [3.05, 3.63) is 222 Å². The molecule has 0 radical (unpaired) electrons. The van der Waals surface area contributed by atoms with E-state index in [4.69, 9.17) is 10.4 Å². The summed E-state index contributed by atoms with van der Waals surface area (Å²) in [6.07, 6.45) is 4.24. The topological polar surface area (TPSA) is 36.2 Å². The lowest BCUT2D eigenvalue weighted by atomic mass is 9.82. The minimum Gasteiger partial charge on any atom is -0.282 e. The van der Waals surface area contributed by atoms with Gasteiger partial charge in [-0.2, -0.15) is 0 Å². The van der Waals surface area contributed by atoms with E-state index in [2.05, 4.69) is 172 Å². The molecule has 1 aliphatic rings. The number of hydrogen-bond acceptors (Lipinski definition) is 1. The average molecular weight is 705 g/mol. The molecule has 0 atom stereocenters. The summed E-state index contributed by atoms with van der Waals surface area (Å²) in [5.74, 6) is 0.216. The fourth-order valence-electron chi connectivity index (χ4n) is 8.18. The molecule has 1 aliphatic carbocycles. The van der Waals surface area contributed by atoms with E-state index in [0.29, 0.717) is 0 Å². The maximum Gasteiger partial charge on any atom is 0.152 e. The largest absolute Gasteiger partial charge is 0.282 e. The van der Waals surface area contributed by atoms with Crippen molar-refractivity contribution < 1.29 is 0 Å². The van der Waals surface area contributed by atoms with Gasteiger partial charge >= 0.3 is 0 Å². The number of amidine groups is 1. The SMILES string of the molecule is CC1(C)c2ccccc2-c2cc(-c3ccc(/C=C/C(=NC(=N)c4ccccc4)c4ccc(-c5ccccc5)cc4-c4ccccc4)c4ccccc34)ccc21. The molecule has 262 valence electrons. The molecule has 0 saturated heterocycles. The van der Waals surface area contributed by atoms with Gasteiger partial charge in [0.1, 0.15) is 0 Å². The smallest absolute Gasteiger partial charge is 0.152 e. The third-order valence-corrected chi connectivity index (χ3v) is 11.0. The van der Waals surface area contributed by atoms with Gasteiger partial charge in [-0.3, -0.25) is 5.41 Å². The molecule has 0 saturated carbocycles. The van der Waals surface area contributed by atoms with Crippen LogP contribution in [-0.2, 0) is 5.41 Å². The summed E-state index contributed by atoms with van der Waals surface area (Å²) in [5, 5.41) is 11.5. The molecule has 8 aromatic rings. The van der Waals surface area contributed by atoms with Gasteiger partial charge in [0.15, 0.2) is 5.84 Å². The summed E-state index contributed by atoms with van der Waals surface area (Å²) in [5.41, 5.74) is 15.8. The van der Waals surface area contributed by atoms with Crippen molar-refractivity contribution in [1.29, 1.82) is 5.41 Å². The fraction of sp³-hybridized carbons (Fsp3) is 0.0566. The summed E-state index contributed by atoms with van der Waals surface area (Å²) in [6, 6.07) is 66.2. The highest BCUT2D eigenvalue weighted by molar-refractivity contribution is 6.20. The van der Waals surface area contributed by atoms with Crippen LogP contribution in [0.2, 0.25) is 0 Å². The second-order valence-electron chi connectivity index (χ2n) is 14.7.